The van der Waals surface area contributed by atoms with Gasteiger partial charge in [-0.2, -0.15) is 0 Å². The van der Waals surface area contributed by atoms with Crippen LogP contribution in [-0.4, -0.2) is 23.1 Å². The molecule has 1 heterocycles. The lowest BCUT2D eigenvalue weighted by atomic mass is 9.99. The molecule has 3 nitrogen and oxygen atoms in total. The molecule has 1 amide bonds. The van der Waals surface area contributed by atoms with Crippen molar-refractivity contribution in [1.29, 1.82) is 0 Å². The minimum Gasteiger partial charge on any atom is -0.312 e. The van der Waals surface area contributed by atoms with Gasteiger partial charge in [-0.1, -0.05) is 46.1 Å². The van der Waals surface area contributed by atoms with Crippen LogP contribution in [0.3, 0.4) is 0 Å². The molecule has 0 bridgehead atoms. The summed E-state index contributed by atoms with van der Waals surface area (Å²) in [4.78, 5) is 25.4. The first-order valence-corrected chi connectivity index (χ1v) is 8.03. The number of likely N-dealkylation sites (tertiary alicyclic amines) is 1. The first kappa shape index (κ1) is 22.4. The smallest absolute Gasteiger partial charge is 0.261 e. The van der Waals surface area contributed by atoms with Crippen LogP contribution in [0, 0.1) is 0 Å². The van der Waals surface area contributed by atoms with Crippen molar-refractivity contribution in [3.8, 4) is 0 Å². The molecule has 1 saturated heterocycles. The number of carbonyl (C=O) groups excluding carboxylic acids is 2. The molecule has 0 spiro atoms. The van der Waals surface area contributed by atoms with E-state index in [0.717, 1.165) is 12.2 Å². The zero-order chi connectivity index (χ0) is 19.6. The molecule has 0 saturated carbocycles. The van der Waals surface area contributed by atoms with Crippen LogP contribution in [-0.2, 0) is 9.59 Å². The van der Waals surface area contributed by atoms with E-state index >= 15 is 0 Å². The van der Waals surface area contributed by atoms with Gasteiger partial charge in [-0.05, 0) is 25.2 Å². The largest absolute Gasteiger partial charge is 0.312 e. The van der Waals surface area contributed by atoms with Crippen molar-refractivity contribution in [2.24, 2.45) is 0 Å². The number of nitrogens with zero attached hydrogens (tertiary/aromatic N) is 1. The third-order valence-corrected chi connectivity index (χ3v) is 3.09. The predicted molar refractivity (Wildman–Crippen MR) is 97.9 cm³/mol. The van der Waals surface area contributed by atoms with Gasteiger partial charge >= 0.3 is 0 Å². The number of ketones is 1. The Hall–Kier alpha value is -2.56. The van der Waals surface area contributed by atoms with E-state index < -0.39 is 17.6 Å². The maximum absolute atomic E-state index is 13.4. The number of carbonyl (C=O) groups is 2. The Morgan fingerprint density at radius 3 is 2.24 bits per heavy atom. The van der Waals surface area contributed by atoms with Crippen LogP contribution in [0.15, 0.2) is 72.5 Å². The molecule has 5 heteroatoms. The van der Waals surface area contributed by atoms with Crippen molar-refractivity contribution in [3.05, 3.63) is 72.5 Å². The molecule has 0 N–H and O–H groups in total. The molecule has 136 valence electrons. The molecule has 0 radical (unpaired) electrons. The van der Waals surface area contributed by atoms with Crippen LogP contribution in [0.5, 0.6) is 0 Å². The number of likely N-dealkylation sites (N-methyl/N-ethyl adjacent to an activating group) is 1. The molecular weight excluding hydrogens is 324 g/mol. The van der Waals surface area contributed by atoms with Crippen LogP contribution in [0.1, 0.15) is 33.6 Å². The Morgan fingerprint density at radius 2 is 1.80 bits per heavy atom. The van der Waals surface area contributed by atoms with E-state index in [1.165, 1.54) is 23.5 Å². The summed E-state index contributed by atoms with van der Waals surface area (Å²) in [5.41, 5.74) is 0.00157. The number of rotatable bonds is 5. The van der Waals surface area contributed by atoms with Gasteiger partial charge in [0.05, 0.1) is 12.0 Å². The van der Waals surface area contributed by atoms with Crippen LogP contribution in [0.2, 0.25) is 0 Å². The van der Waals surface area contributed by atoms with E-state index in [4.69, 9.17) is 0 Å². The van der Waals surface area contributed by atoms with Crippen molar-refractivity contribution in [3.63, 3.8) is 0 Å². The summed E-state index contributed by atoms with van der Waals surface area (Å²) >= 11 is 0. The normalized spacial score (nSPS) is 17.4. The minimum absolute atomic E-state index is 0.0405. The highest BCUT2D eigenvalue weighted by Crippen LogP contribution is 2.22. The lowest BCUT2D eigenvalue weighted by Crippen LogP contribution is -2.38. The molecule has 1 aliphatic rings. The highest BCUT2D eigenvalue weighted by atomic mass is 19.1. The van der Waals surface area contributed by atoms with Gasteiger partial charge in [0, 0.05) is 17.8 Å². The fourth-order valence-corrected chi connectivity index (χ4v) is 1.97. The molecule has 0 aliphatic carbocycles. The molecule has 0 atom stereocenters. The van der Waals surface area contributed by atoms with E-state index in [1.54, 1.807) is 6.92 Å². The average molecular weight is 349 g/mol. The van der Waals surface area contributed by atoms with Crippen molar-refractivity contribution >= 4 is 11.7 Å². The Balaban J connectivity index is 0.00000178. The Labute approximate surface area is 148 Å². The second-order valence-electron chi connectivity index (χ2n) is 5.23. The van der Waals surface area contributed by atoms with Crippen LogP contribution in [0.4, 0.5) is 8.78 Å². The lowest BCUT2D eigenvalue weighted by Gasteiger charge is -2.28. The number of hydrogen-bond donors (Lipinski definition) is 0. The maximum Gasteiger partial charge on any atom is 0.261 e. The standard InChI is InChI=1S/C17H17F2NO2.C3H8/c1-5-15(19)13(12(4)18)8-7-9-14-16(21)10-11(3)20(6-2)17(14)22;1-3-2/h5,7-9H,1,3-4,6,10H2,2H3;3H2,1-2H3/b8-7+,14-9-,15-13+;. The summed E-state index contributed by atoms with van der Waals surface area (Å²) in [6.07, 6.45) is 5.69. The Kier molecular flexibility index (Phi) is 9.94. The first-order valence-electron chi connectivity index (χ1n) is 8.03. The predicted octanol–water partition coefficient (Wildman–Crippen LogP) is 5.11. The molecule has 0 aromatic heterocycles. The highest BCUT2D eigenvalue weighted by molar-refractivity contribution is 6.22. The van der Waals surface area contributed by atoms with Gasteiger partial charge in [-0.3, -0.25) is 9.59 Å². The minimum atomic E-state index is -0.975. The topological polar surface area (TPSA) is 37.4 Å². The summed E-state index contributed by atoms with van der Waals surface area (Å²) in [5.74, 6) is -2.70. The second kappa shape index (κ2) is 11.1. The lowest BCUT2D eigenvalue weighted by molar-refractivity contribution is -0.130. The van der Waals surface area contributed by atoms with Crippen LogP contribution >= 0.6 is 0 Å². The van der Waals surface area contributed by atoms with Crippen LogP contribution < -0.4 is 0 Å². The number of allylic oxidation sites excluding steroid dienone is 8. The SMILES string of the molecule is C=C/C(F)=C(/C=C/C=C1/C(=O)CC(=C)N(CC)C1=O)C(=C)F.CCC. The zero-order valence-electron chi connectivity index (χ0n) is 15.1. The van der Waals surface area contributed by atoms with E-state index in [-0.39, 0.29) is 23.4 Å². The third kappa shape index (κ3) is 6.45. The highest BCUT2D eigenvalue weighted by Gasteiger charge is 2.30. The maximum atomic E-state index is 13.4. The van der Waals surface area contributed by atoms with E-state index in [1.807, 2.05) is 0 Å². The van der Waals surface area contributed by atoms with Crippen molar-refractivity contribution in [2.45, 2.75) is 33.6 Å². The average Bonchev–Trinajstić information content (AvgIpc) is 2.54. The number of piperidine rings is 1. The van der Waals surface area contributed by atoms with E-state index in [9.17, 15) is 18.4 Å². The van der Waals surface area contributed by atoms with Gasteiger partial charge in [-0.25, -0.2) is 8.78 Å². The van der Waals surface area contributed by atoms with Crippen molar-refractivity contribution < 1.29 is 18.4 Å². The summed E-state index contributed by atoms with van der Waals surface area (Å²) in [6.45, 7) is 16.3. The summed E-state index contributed by atoms with van der Waals surface area (Å²) in [7, 11) is 0. The monoisotopic (exact) mass is 349 g/mol. The molecular formula is C20H25F2NO2. The van der Waals surface area contributed by atoms with Gasteiger partial charge < -0.3 is 4.90 Å². The van der Waals surface area contributed by atoms with E-state index in [2.05, 4.69) is 33.6 Å². The molecule has 0 aromatic carbocycles. The number of Topliss-reactive ketones (excluding diaryl/α,β-unsaturated/α-hetero) is 1. The number of halogens is 2. The van der Waals surface area contributed by atoms with Gasteiger partial charge in [0.25, 0.3) is 5.91 Å². The molecule has 1 rings (SSSR count). The van der Waals surface area contributed by atoms with Crippen molar-refractivity contribution in [2.75, 3.05) is 6.54 Å². The summed E-state index contributed by atoms with van der Waals surface area (Å²) in [5, 5.41) is 0. The molecule has 25 heavy (non-hydrogen) atoms. The zero-order valence-corrected chi connectivity index (χ0v) is 15.1. The quantitative estimate of drug-likeness (QED) is 0.393. The Bertz CT molecular complexity index is 655. The van der Waals surface area contributed by atoms with Gasteiger partial charge in [0.1, 0.15) is 11.7 Å². The van der Waals surface area contributed by atoms with Crippen molar-refractivity contribution in [1.82, 2.24) is 4.90 Å². The van der Waals surface area contributed by atoms with Crippen LogP contribution in [0.25, 0.3) is 0 Å². The first-order chi connectivity index (χ1) is 11.7. The molecule has 0 aromatic rings. The summed E-state index contributed by atoms with van der Waals surface area (Å²) in [6, 6.07) is 0. The molecule has 1 fully saturated rings. The van der Waals surface area contributed by atoms with Gasteiger partial charge in [0.15, 0.2) is 5.78 Å². The number of hydrogen-bond acceptors (Lipinski definition) is 2. The molecule has 1 aliphatic heterocycles. The second-order valence-corrected chi connectivity index (χ2v) is 5.23. The molecule has 0 unspecified atom stereocenters. The van der Waals surface area contributed by atoms with E-state index in [0.29, 0.717) is 12.2 Å². The van der Waals surface area contributed by atoms with Gasteiger partial charge in [-0.15, -0.1) is 0 Å². The van der Waals surface area contributed by atoms with Gasteiger partial charge in [0.2, 0.25) is 0 Å². The summed E-state index contributed by atoms with van der Waals surface area (Å²) < 4.78 is 26.5. The Morgan fingerprint density at radius 1 is 1.24 bits per heavy atom. The third-order valence-electron chi connectivity index (χ3n) is 3.09. The fraction of sp³-hybridized carbons (Fsp3) is 0.300. The fourth-order valence-electron chi connectivity index (χ4n) is 1.97. The number of amides is 1.